The number of hydrogen-bond acceptors (Lipinski definition) is 1. The van der Waals surface area contributed by atoms with Crippen LogP contribution in [0.1, 0.15) is 24.4 Å². The van der Waals surface area contributed by atoms with Crippen molar-refractivity contribution in [2.24, 2.45) is 5.73 Å². The first kappa shape index (κ1) is 16.7. The van der Waals surface area contributed by atoms with Crippen molar-refractivity contribution in [2.45, 2.75) is 25.1 Å². The molecule has 0 radical (unpaired) electrons. The van der Waals surface area contributed by atoms with Gasteiger partial charge in [-0.3, -0.25) is 0 Å². The third-order valence-corrected chi connectivity index (χ3v) is 2.96. The molecule has 0 aliphatic carbocycles. The molecule has 0 spiro atoms. The van der Waals surface area contributed by atoms with Crippen molar-refractivity contribution in [3.8, 4) is 0 Å². The van der Waals surface area contributed by atoms with E-state index in [0.717, 1.165) is 0 Å². The molecule has 0 bridgehead atoms. The molecular formula is C10H11BrClF4N. The van der Waals surface area contributed by atoms with Crippen molar-refractivity contribution < 1.29 is 17.6 Å². The van der Waals surface area contributed by atoms with Crippen molar-refractivity contribution in [3.05, 3.63) is 34.1 Å². The van der Waals surface area contributed by atoms with Crippen LogP contribution in [0.5, 0.6) is 0 Å². The highest BCUT2D eigenvalue weighted by molar-refractivity contribution is 9.10. The van der Waals surface area contributed by atoms with Crippen molar-refractivity contribution in [1.29, 1.82) is 0 Å². The lowest BCUT2D eigenvalue weighted by Gasteiger charge is -2.15. The smallest absolute Gasteiger partial charge is 0.324 e. The third kappa shape index (κ3) is 5.23. The standard InChI is InChI=1S/C10H10BrF4N.ClH/c11-9-6(2-1-3-7(9)12)8(16)4-5-10(13,14)15;/h1-3,8H,4-5,16H2;1H/t8-;/m0./s1. The fourth-order valence-corrected chi connectivity index (χ4v) is 1.84. The van der Waals surface area contributed by atoms with Crippen LogP contribution in [0.4, 0.5) is 17.6 Å². The second kappa shape index (κ2) is 6.56. The topological polar surface area (TPSA) is 26.0 Å². The summed E-state index contributed by atoms with van der Waals surface area (Å²) in [6.45, 7) is 0. The number of nitrogens with two attached hydrogens (primary N) is 1. The lowest BCUT2D eigenvalue weighted by molar-refractivity contribution is -0.136. The van der Waals surface area contributed by atoms with Crippen LogP contribution in [0.3, 0.4) is 0 Å². The van der Waals surface area contributed by atoms with Crippen LogP contribution >= 0.6 is 28.3 Å². The molecule has 1 aromatic rings. The highest BCUT2D eigenvalue weighted by Crippen LogP contribution is 2.30. The Kier molecular flexibility index (Phi) is 6.43. The average Bonchev–Trinajstić information content (AvgIpc) is 2.17. The quantitative estimate of drug-likeness (QED) is 0.816. The minimum absolute atomic E-state index is 0. The fraction of sp³-hybridized carbons (Fsp3) is 0.400. The van der Waals surface area contributed by atoms with Gasteiger partial charge in [0.25, 0.3) is 0 Å². The van der Waals surface area contributed by atoms with E-state index >= 15 is 0 Å². The monoisotopic (exact) mass is 335 g/mol. The van der Waals surface area contributed by atoms with E-state index in [1.54, 1.807) is 0 Å². The van der Waals surface area contributed by atoms with Crippen LogP contribution in [0.2, 0.25) is 0 Å². The van der Waals surface area contributed by atoms with Gasteiger partial charge in [0.1, 0.15) is 5.82 Å². The molecular weight excluding hydrogens is 325 g/mol. The largest absolute Gasteiger partial charge is 0.389 e. The first-order chi connectivity index (χ1) is 7.31. The zero-order valence-corrected chi connectivity index (χ0v) is 11.0. The van der Waals surface area contributed by atoms with Crippen LogP contribution in [0.25, 0.3) is 0 Å². The van der Waals surface area contributed by atoms with Gasteiger partial charge in [-0.2, -0.15) is 13.2 Å². The minimum atomic E-state index is -4.24. The lowest BCUT2D eigenvalue weighted by atomic mass is 10.0. The maximum Gasteiger partial charge on any atom is 0.389 e. The van der Waals surface area contributed by atoms with E-state index in [9.17, 15) is 17.6 Å². The van der Waals surface area contributed by atoms with Gasteiger partial charge in [-0.25, -0.2) is 4.39 Å². The van der Waals surface area contributed by atoms with E-state index in [1.807, 2.05) is 0 Å². The fourth-order valence-electron chi connectivity index (χ4n) is 1.28. The van der Waals surface area contributed by atoms with Crippen LogP contribution in [-0.4, -0.2) is 6.18 Å². The Morgan fingerprint density at radius 1 is 1.29 bits per heavy atom. The molecule has 98 valence electrons. The van der Waals surface area contributed by atoms with Crippen molar-refractivity contribution in [1.82, 2.24) is 0 Å². The summed E-state index contributed by atoms with van der Waals surface area (Å²) < 4.78 is 49.1. The zero-order valence-electron chi connectivity index (χ0n) is 8.60. The van der Waals surface area contributed by atoms with Crippen LogP contribution in [-0.2, 0) is 0 Å². The number of hydrogen-bond donors (Lipinski definition) is 1. The molecule has 2 N–H and O–H groups in total. The molecule has 0 amide bonds. The Morgan fingerprint density at radius 2 is 1.88 bits per heavy atom. The van der Waals surface area contributed by atoms with Gasteiger partial charge in [0.2, 0.25) is 0 Å². The number of rotatable bonds is 3. The summed E-state index contributed by atoms with van der Waals surface area (Å²) in [6, 6.07) is 3.31. The molecule has 1 aromatic carbocycles. The van der Waals surface area contributed by atoms with Gasteiger partial charge < -0.3 is 5.73 Å². The predicted molar refractivity (Wildman–Crippen MR) is 63.6 cm³/mol. The summed E-state index contributed by atoms with van der Waals surface area (Å²) in [5.41, 5.74) is 5.93. The second-order valence-electron chi connectivity index (χ2n) is 3.40. The Balaban J connectivity index is 0.00000256. The van der Waals surface area contributed by atoms with Gasteiger partial charge >= 0.3 is 6.18 Å². The van der Waals surface area contributed by atoms with E-state index in [1.165, 1.54) is 18.2 Å². The molecule has 0 saturated heterocycles. The highest BCUT2D eigenvalue weighted by atomic mass is 79.9. The SMILES string of the molecule is Cl.N[C@@H](CCC(F)(F)F)c1cccc(F)c1Br. The maximum absolute atomic E-state index is 13.1. The summed E-state index contributed by atoms with van der Waals surface area (Å²) >= 11 is 2.96. The van der Waals surface area contributed by atoms with Crippen LogP contribution < -0.4 is 5.73 Å². The molecule has 1 rings (SSSR count). The summed E-state index contributed by atoms with van der Waals surface area (Å²) in [7, 11) is 0. The van der Waals surface area contributed by atoms with Gasteiger partial charge in [-0.1, -0.05) is 12.1 Å². The van der Waals surface area contributed by atoms with Gasteiger partial charge in [0, 0.05) is 12.5 Å². The summed E-state index contributed by atoms with van der Waals surface area (Å²) in [5.74, 6) is -0.528. The van der Waals surface area contributed by atoms with Gasteiger partial charge in [0.05, 0.1) is 4.47 Å². The second-order valence-corrected chi connectivity index (χ2v) is 4.20. The molecule has 0 unspecified atom stereocenters. The summed E-state index contributed by atoms with van der Waals surface area (Å²) in [5, 5.41) is 0. The van der Waals surface area contributed by atoms with Crippen molar-refractivity contribution >= 4 is 28.3 Å². The Morgan fingerprint density at radius 3 is 2.41 bits per heavy atom. The number of halogens is 6. The predicted octanol–water partition coefficient (Wildman–Crippen LogP) is 4.35. The van der Waals surface area contributed by atoms with E-state index in [-0.39, 0.29) is 23.3 Å². The van der Waals surface area contributed by atoms with Crippen LogP contribution in [0.15, 0.2) is 22.7 Å². The van der Waals surface area contributed by atoms with Crippen molar-refractivity contribution in [2.75, 3.05) is 0 Å². The minimum Gasteiger partial charge on any atom is -0.324 e. The molecule has 0 aliphatic heterocycles. The van der Waals surface area contributed by atoms with E-state index in [2.05, 4.69) is 15.9 Å². The molecule has 0 fully saturated rings. The Labute approximate surface area is 111 Å². The zero-order chi connectivity index (χ0) is 12.3. The molecule has 0 saturated carbocycles. The molecule has 1 atom stereocenters. The maximum atomic E-state index is 13.1. The number of benzene rings is 1. The van der Waals surface area contributed by atoms with Gasteiger partial charge in [-0.15, -0.1) is 12.4 Å². The Bertz CT molecular complexity index is 370. The Hall–Kier alpha value is -0.330. The van der Waals surface area contributed by atoms with E-state index < -0.39 is 24.5 Å². The molecule has 1 nitrogen and oxygen atoms in total. The van der Waals surface area contributed by atoms with E-state index in [0.29, 0.717) is 5.56 Å². The molecule has 0 aliphatic rings. The van der Waals surface area contributed by atoms with Gasteiger partial charge in [-0.05, 0) is 34.0 Å². The summed E-state index contributed by atoms with van der Waals surface area (Å²) in [4.78, 5) is 0. The van der Waals surface area contributed by atoms with Crippen molar-refractivity contribution in [3.63, 3.8) is 0 Å². The average molecular weight is 337 g/mol. The number of alkyl halides is 3. The lowest BCUT2D eigenvalue weighted by Crippen LogP contribution is -2.16. The first-order valence-corrected chi connectivity index (χ1v) is 5.37. The summed E-state index contributed by atoms with van der Waals surface area (Å²) in [6.07, 6.45) is -5.47. The molecule has 7 heteroatoms. The highest BCUT2D eigenvalue weighted by Gasteiger charge is 2.28. The molecule has 0 heterocycles. The molecule has 0 aromatic heterocycles. The first-order valence-electron chi connectivity index (χ1n) is 4.57. The molecule has 17 heavy (non-hydrogen) atoms. The third-order valence-electron chi connectivity index (χ3n) is 2.12. The van der Waals surface area contributed by atoms with E-state index in [4.69, 9.17) is 5.73 Å². The normalized spacial score (nSPS) is 13.1. The van der Waals surface area contributed by atoms with Gasteiger partial charge in [0.15, 0.2) is 0 Å². The van der Waals surface area contributed by atoms with Crippen LogP contribution in [0, 0.1) is 5.82 Å².